The van der Waals surface area contributed by atoms with Gasteiger partial charge in [-0.25, -0.2) is 62.7 Å². The second-order valence-electron chi connectivity index (χ2n) is 18.0. The van der Waals surface area contributed by atoms with E-state index in [0.717, 1.165) is 24.3 Å². The Bertz CT molecular complexity index is 3020. The molecule has 3 atom stereocenters. The van der Waals surface area contributed by atoms with Gasteiger partial charge in [0, 0.05) is 21.1 Å². The van der Waals surface area contributed by atoms with Gasteiger partial charge < -0.3 is 15.2 Å². The van der Waals surface area contributed by atoms with Crippen molar-refractivity contribution in [2.45, 2.75) is 97.6 Å². The van der Waals surface area contributed by atoms with Gasteiger partial charge in [0.1, 0.15) is 27.8 Å². The van der Waals surface area contributed by atoms with Crippen LogP contribution in [0, 0.1) is 0 Å². The highest BCUT2D eigenvalue weighted by Gasteiger charge is 2.46. The van der Waals surface area contributed by atoms with E-state index in [1.54, 1.807) is 68.4 Å². The summed E-state index contributed by atoms with van der Waals surface area (Å²) in [6.07, 6.45) is -1.57. The first kappa shape index (κ1) is 64.3. The Hall–Kier alpha value is -1.03. The van der Waals surface area contributed by atoms with Crippen LogP contribution in [0.1, 0.15) is 84.4 Å². The van der Waals surface area contributed by atoms with Crippen LogP contribution in [0.5, 0.6) is 0 Å². The molecular formula is C38H51Br5Cl3N9O10S6. The molecule has 0 saturated heterocycles. The first-order chi connectivity index (χ1) is 31.5. The number of alkyl carbamates (subject to hydrolysis) is 2. The van der Waals surface area contributed by atoms with E-state index in [0.29, 0.717) is 38.6 Å². The van der Waals surface area contributed by atoms with E-state index >= 15 is 0 Å². The number of nitrogens with one attached hydrogen (secondary N) is 2. The maximum Gasteiger partial charge on any atom is 0.414 e. The van der Waals surface area contributed by atoms with Gasteiger partial charge in [0.25, 0.3) is 0 Å². The molecule has 0 bridgehead atoms. The molecule has 0 saturated carbocycles. The fraction of sp³-hybridized carbons (Fsp3) is 0.553. The molecule has 400 valence electrons. The predicted octanol–water partition coefficient (Wildman–Crippen LogP) is 11.2. The van der Waals surface area contributed by atoms with Crippen LogP contribution in [-0.4, -0.2) is 118 Å². The first-order valence-corrected chi connectivity index (χ1v) is 32.0. The van der Waals surface area contributed by atoms with Gasteiger partial charge in [0.05, 0.1) is 67.3 Å². The van der Waals surface area contributed by atoms with Crippen LogP contribution in [0.2, 0.25) is 15.1 Å². The summed E-state index contributed by atoms with van der Waals surface area (Å²) in [5.41, 5.74) is 0.984. The third kappa shape index (κ3) is 15.3. The molecule has 0 fully saturated rings. The van der Waals surface area contributed by atoms with E-state index < -0.39 is 70.1 Å². The van der Waals surface area contributed by atoms with Gasteiger partial charge in [0.15, 0.2) is 0 Å². The molecule has 4 N–H and O–H groups in total. The zero-order valence-electron chi connectivity index (χ0n) is 39.0. The second kappa shape index (κ2) is 22.9. The minimum atomic E-state index is -3.73. The van der Waals surface area contributed by atoms with Crippen molar-refractivity contribution in [2.75, 3.05) is 38.4 Å². The Labute approximate surface area is 483 Å². The monoisotopic (exact) mass is 1480 g/mol. The van der Waals surface area contributed by atoms with Crippen molar-refractivity contribution in [2.24, 2.45) is 20.7 Å². The lowest BCUT2D eigenvalue weighted by Crippen LogP contribution is -2.53. The van der Waals surface area contributed by atoms with Crippen molar-refractivity contribution in [1.29, 1.82) is 0 Å². The van der Waals surface area contributed by atoms with Crippen molar-refractivity contribution in [3.8, 4) is 0 Å². The summed E-state index contributed by atoms with van der Waals surface area (Å²) in [4.78, 5) is 39.2. The summed E-state index contributed by atoms with van der Waals surface area (Å²) >= 11 is 39.5. The Morgan fingerprint density at radius 3 is 1.24 bits per heavy atom. The van der Waals surface area contributed by atoms with Crippen LogP contribution in [0.25, 0.3) is 0 Å². The average Bonchev–Trinajstić information content (AvgIpc) is 3.76. The van der Waals surface area contributed by atoms with Gasteiger partial charge in [-0.1, -0.05) is 42.2 Å². The van der Waals surface area contributed by atoms with Gasteiger partial charge in [-0.15, -0.1) is 34.0 Å². The minimum Gasteiger partial charge on any atom is -0.444 e. The molecule has 3 aromatic rings. The standard InChI is InChI=1S/C14H18Br2ClN3O4S2.C14H19BrClN3O4S2.C9H10Br2ClN3O2S2.CH4/c1-13(2,3)24-12(21)18-11-19-14(4,6-26(22,23)20(11)5)9-8(17)7(15)10(16)25-9;1-13(2,3)23-12(20)17-11-18-14(4,7-25(21,22)19(11)5)10-8(16)6-9(15)24-10;1-9(6-5(12)4(10)7(11)18-6)3-19(16,17)15(2)8(13)14-9;/h6H2,1-5H3,(H,18,19,21);6H,7H2,1-5H3,(H,17,18,20);3H2,1-2H3,(H2,13,14);1H4/t2*14-;9-;/m000./s1. The molecule has 0 radical (unpaired) electrons. The molecule has 6 rings (SSSR count). The summed E-state index contributed by atoms with van der Waals surface area (Å²) in [7, 11) is -6.88. The first-order valence-electron chi connectivity index (χ1n) is 19.7. The number of rotatable bonds is 3. The van der Waals surface area contributed by atoms with Crippen molar-refractivity contribution >= 4 is 209 Å². The van der Waals surface area contributed by atoms with E-state index in [-0.39, 0.29) is 42.6 Å². The Kier molecular flexibility index (Phi) is 20.7. The molecule has 6 heterocycles. The third-order valence-electron chi connectivity index (χ3n) is 9.49. The minimum absolute atomic E-state index is 0. The Morgan fingerprint density at radius 2 is 0.958 bits per heavy atom. The van der Waals surface area contributed by atoms with Crippen molar-refractivity contribution in [1.82, 2.24) is 23.5 Å². The van der Waals surface area contributed by atoms with Crippen LogP contribution in [0.4, 0.5) is 9.59 Å². The molecule has 0 unspecified atom stereocenters. The van der Waals surface area contributed by atoms with E-state index in [1.807, 2.05) is 0 Å². The van der Waals surface area contributed by atoms with Crippen LogP contribution in [-0.2, 0) is 56.2 Å². The lowest BCUT2D eigenvalue weighted by atomic mass is 10.0. The number of nitrogens with zero attached hydrogens (tertiary/aromatic N) is 6. The van der Waals surface area contributed by atoms with Gasteiger partial charge >= 0.3 is 12.2 Å². The maximum atomic E-state index is 12.6. The number of aliphatic imine (C=N–C) groups is 3. The number of hydrogen-bond acceptors (Lipinski definition) is 17. The number of amides is 2. The van der Waals surface area contributed by atoms with Gasteiger partial charge in [-0.05, 0) is 148 Å². The van der Waals surface area contributed by atoms with Crippen LogP contribution >= 0.6 is 148 Å². The van der Waals surface area contributed by atoms with Gasteiger partial charge in [-0.2, -0.15) is 0 Å². The fourth-order valence-electron chi connectivity index (χ4n) is 6.27. The van der Waals surface area contributed by atoms with E-state index in [1.165, 1.54) is 55.2 Å². The zero-order chi connectivity index (χ0) is 53.9. The number of carbonyl (C=O) groups is 2. The Morgan fingerprint density at radius 1 is 0.634 bits per heavy atom. The number of halogens is 8. The molecule has 3 aromatic heterocycles. The molecule has 0 spiro atoms. The number of nitrogens with two attached hydrogens (primary N) is 1. The van der Waals surface area contributed by atoms with Crippen molar-refractivity contribution in [3.63, 3.8) is 0 Å². The molecule has 3 aliphatic heterocycles. The number of guanidine groups is 3. The van der Waals surface area contributed by atoms with E-state index in [9.17, 15) is 34.8 Å². The quantitative estimate of drug-likeness (QED) is 0.222. The van der Waals surface area contributed by atoms with Crippen LogP contribution in [0.15, 0.2) is 41.3 Å². The summed E-state index contributed by atoms with van der Waals surface area (Å²) in [6.45, 7) is 15.3. The highest BCUT2D eigenvalue weighted by Crippen LogP contribution is 2.50. The SMILES string of the molecule is C.CN1C(N)=N[C@](C)(c2sc(Br)c(Br)c2Cl)CS1(=O)=O.CN1C(NC(=O)OC(C)(C)C)=N[C@](C)(c2sc(Br)c(Br)c2Cl)CS1(=O)=O.CN1C(NC(=O)OC(C)(C)C)=N[C@](C)(c2sc(Br)cc2Cl)CS1(=O)=O. The second-order valence-corrected chi connectivity index (χ2v) is 33.8. The molecule has 0 aromatic carbocycles. The molecule has 2 amide bonds. The molecule has 0 aliphatic carbocycles. The number of sulfonamides is 3. The highest BCUT2D eigenvalue weighted by molar-refractivity contribution is 9.14. The topological polar surface area (TPSA) is 252 Å². The predicted molar refractivity (Wildman–Crippen MR) is 305 cm³/mol. The Balaban J connectivity index is 0.000000283. The van der Waals surface area contributed by atoms with Gasteiger partial charge in [-0.3, -0.25) is 10.6 Å². The average molecular weight is 1490 g/mol. The molecule has 3 aliphatic rings. The summed E-state index contributed by atoms with van der Waals surface area (Å²) in [5.74, 6) is -0.979. The van der Waals surface area contributed by atoms with Crippen molar-refractivity contribution < 1.29 is 44.3 Å². The summed E-state index contributed by atoms with van der Waals surface area (Å²) in [6, 6.07) is 1.69. The highest BCUT2D eigenvalue weighted by atomic mass is 79.9. The zero-order valence-corrected chi connectivity index (χ0v) is 54.1. The molecular weight excluding hydrogens is 1440 g/mol. The fourth-order valence-corrected chi connectivity index (χ4v) is 18.6. The van der Waals surface area contributed by atoms with E-state index in [2.05, 4.69) is 105 Å². The number of ether oxygens (including phenoxy) is 2. The number of hydrogen-bond donors (Lipinski definition) is 3. The molecule has 19 nitrogen and oxygen atoms in total. The summed E-state index contributed by atoms with van der Waals surface area (Å²) in [5, 5.41) is 6.09. The largest absolute Gasteiger partial charge is 0.444 e. The van der Waals surface area contributed by atoms with Crippen molar-refractivity contribution in [3.05, 3.63) is 56.1 Å². The number of carbonyl (C=O) groups excluding carboxylic acids is 2. The maximum absolute atomic E-state index is 12.6. The van der Waals surface area contributed by atoms with Gasteiger partial charge in [0.2, 0.25) is 47.9 Å². The summed E-state index contributed by atoms with van der Waals surface area (Å²) < 4.78 is 91.4. The number of thiophene rings is 3. The lowest BCUT2D eigenvalue weighted by Gasteiger charge is -2.35. The lowest BCUT2D eigenvalue weighted by molar-refractivity contribution is 0.0546. The normalized spacial score (nSPS) is 23.5. The molecule has 33 heteroatoms. The molecule has 71 heavy (non-hydrogen) atoms. The third-order valence-corrected chi connectivity index (χ3v) is 26.4. The van der Waals surface area contributed by atoms with Crippen LogP contribution in [0.3, 0.4) is 0 Å². The smallest absolute Gasteiger partial charge is 0.414 e. The van der Waals surface area contributed by atoms with E-state index in [4.69, 9.17) is 50.0 Å². The van der Waals surface area contributed by atoms with Crippen LogP contribution < -0.4 is 16.4 Å².